The van der Waals surface area contributed by atoms with Crippen LogP contribution in [-0.2, 0) is 4.74 Å². The van der Waals surface area contributed by atoms with Crippen molar-refractivity contribution in [3.63, 3.8) is 0 Å². The molecule has 3 rings (SSSR count). The van der Waals surface area contributed by atoms with Crippen molar-refractivity contribution in [2.75, 3.05) is 32.6 Å². The summed E-state index contributed by atoms with van der Waals surface area (Å²) in [5.74, 6) is 0.969. The Labute approximate surface area is 141 Å². The molecule has 0 bridgehead atoms. The average Bonchev–Trinajstić information content (AvgIpc) is 3.20. The fourth-order valence-electron chi connectivity index (χ4n) is 2.96. The van der Waals surface area contributed by atoms with Crippen LogP contribution in [0.5, 0.6) is 0 Å². The maximum atomic E-state index is 13.0. The minimum absolute atomic E-state index is 0.0387. The van der Waals surface area contributed by atoms with E-state index in [0.717, 1.165) is 5.69 Å². The lowest BCUT2D eigenvalue weighted by atomic mass is 10.1. The van der Waals surface area contributed by atoms with Gasteiger partial charge in [-0.25, -0.2) is 0 Å². The minimum Gasteiger partial charge on any atom is -0.380 e. The van der Waals surface area contributed by atoms with E-state index in [-0.39, 0.29) is 18.1 Å². The summed E-state index contributed by atoms with van der Waals surface area (Å²) in [6.07, 6.45) is 0.611. The van der Waals surface area contributed by atoms with Crippen molar-refractivity contribution >= 4 is 11.6 Å². The Bertz CT molecular complexity index is 728. The summed E-state index contributed by atoms with van der Waals surface area (Å²) in [7, 11) is 5.55. The zero-order valence-electron chi connectivity index (χ0n) is 14.4. The van der Waals surface area contributed by atoms with E-state index in [0.29, 0.717) is 30.2 Å². The van der Waals surface area contributed by atoms with Crippen molar-refractivity contribution in [3.8, 4) is 0 Å². The molecule has 0 spiro atoms. The molecule has 1 aliphatic rings. The van der Waals surface area contributed by atoms with Crippen LogP contribution in [-0.4, -0.2) is 54.8 Å². The summed E-state index contributed by atoms with van der Waals surface area (Å²) in [4.78, 5) is 21.1. The molecule has 0 saturated carbocycles. The third kappa shape index (κ3) is 3.12. The maximum Gasteiger partial charge on any atom is 0.254 e. The quantitative estimate of drug-likeness (QED) is 0.854. The monoisotopic (exact) mass is 330 g/mol. The number of rotatable bonds is 4. The summed E-state index contributed by atoms with van der Waals surface area (Å²) in [5.41, 5.74) is 1.62. The molecule has 128 valence electrons. The van der Waals surface area contributed by atoms with Crippen LogP contribution < -0.4 is 4.90 Å². The van der Waals surface area contributed by atoms with Gasteiger partial charge in [-0.3, -0.25) is 4.79 Å². The summed E-state index contributed by atoms with van der Waals surface area (Å²) >= 11 is 0. The molecule has 1 amide bonds. The third-order valence-corrected chi connectivity index (χ3v) is 4.29. The lowest BCUT2D eigenvalue weighted by molar-refractivity contribution is 0.0671. The topological polar surface area (TPSA) is 71.7 Å². The van der Waals surface area contributed by atoms with E-state index in [1.807, 2.05) is 43.3 Å². The Morgan fingerprint density at radius 1 is 1.42 bits per heavy atom. The van der Waals surface area contributed by atoms with Gasteiger partial charge in [0.05, 0.1) is 6.10 Å². The van der Waals surface area contributed by atoms with Crippen molar-refractivity contribution in [2.45, 2.75) is 25.5 Å². The molecule has 0 radical (unpaired) electrons. The molecule has 2 heterocycles. The predicted octanol–water partition coefficient (Wildman–Crippen LogP) is 2.05. The molecule has 1 aliphatic heterocycles. The van der Waals surface area contributed by atoms with Gasteiger partial charge in [-0.15, -0.1) is 0 Å². The van der Waals surface area contributed by atoms with E-state index >= 15 is 0 Å². The Kier molecular flexibility index (Phi) is 4.53. The van der Waals surface area contributed by atoms with Crippen molar-refractivity contribution in [1.29, 1.82) is 0 Å². The van der Waals surface area contributed by atoms with Gasteiger partial charge in [0, 0.05) is 45.4 Å². The van der Waals surface area contributed by atoms with Crippen LogP contribution >= 0.6 is 0 Å². The normalized spacial score (nSPS) is 20.4. The van der Waals surface area contributed by atoms with Crippen LogP contribution in [0.1, 0.15) is 34.5 Å². The van der Waals surface area contributed by atoms with E-state index in [4.69, 9.17) is 9.26 Å². The van der Waals surface area contributed by atoms with Crippen molar-refractivity contribution < 1.29 is 14.1 Å². The van der Waals surface area contributed by atoms with E-state index in [9.17, 15) is 4.79 Å². The molecular weight excluding hydrogens is 308 g/mol. The molecule has 1 aromatic carbocycles. The van der Waals surface area contributed by atoms with Crippen LogP contribution in [0.3, 0.4) is 0 Å². The largest absolute Gasteiger partial charge is 0.380 e. The van der Waals surface area contributed by atoms with Gasteiger partial charge < -0.3 is 19.1 Å². The summed E-state index contributed by atoms with van der Waals surface area (Å²) in [5, 5.41) is 3.84. The van der Waals surface area contributed by atoms with Crippen LogP contribution in [0, 0.1) is 6.92 Å². The van der Waals surface area contributed by atoms with Crippen LogP contribution in [0.2, 0.25) is 0 Å². The molecule has 0 N–H and O–H groups in total. The molecule has 1 saturated heterocycles. The standard InChI is InChI=1S/C17H22N4O3/c1-11-18-16(24-19-11)15-9-14(23-4)10-21(15)17(22)12-6-5-7-13(8-12)20(2)3/h5-8,14-15H,9-10H2,1-4H3/t14-,15+/m0/s1. The number of ether oxygens (including phenoxy) is 1. The first kappa shape index (κ1) is 16.4. The number of anilines is 1. The highest BCUT2D eigenvalue weighted by Gasteiger charge is 2.39. The Balaban J connectivity index is 1.90. The molecule has 2 atom stereocenters. The van der Waals surface area contributed by atoms with E-state index < -0.39 is 0 Å². The van der Waals surface area contributed by atoms with Gasteiger partial charge in [-0.05, 0) is 25.1 Å². The molecular formula is C17H22N4O3. The van der Waals surface area contributed by atoms with Crippen molar-refractivity contribution in [1.82, 2.24) is 15.0 Å². The van der Waals surface area contributed by atoms with Gasteiger partial charge in [0.2, 0.25) is 5.89 Å². The number of methoxy groups -OCH3 is 1. The molecule has 24 heavy (non-hydrogen) atoms. The second kappa shape index (κ2) is 6.60. The zero-order valence-corrected chi connectivity index (χ0v) is 14.4. The van der Waals surface area contributed by atoms with Gasteiger partial charge in [0.25, 0.3) is 5.91 Å². The SMILES string of the molecule is CO[C@H]1C[C@H](c2nc(C)no2)N(C(=O)c2cccc(N(C)C)c2)C1. The van der Waals surface area contributed by atoms with E-state index in [2.05, 4.69) is 10.1 Å². The first-order chi connectivity index (χ1) is 11.5. The Hall–Kier alpha value is -2.41. The van der Waals surface area contributed by atoms with E-state index in [1.54, 1.807) is 18.9 Å². The highest BCUT2D eigenvalue weighted by atomic mass is 16.5. The van der Waals surface area contributed by atoms with Crippen LogP contribution in [0.4, 0.5) is 5.69 Å². The molecule has 1 fully saturated rings. The number of carbonyl (C=O) groups is 1. The number of hydrogen-bond acceptors (Lipinski definition) is 6. The van der Waals surface area contributed by atoms with Gasteiger partial charge in [0.15, 0.2) is 5.82 Å². The maximum absolute atomic E-state index is 13.0. The molecule has 1 aromatic heterocycles. The Morgan fingerprint density at radius 2 is 2.21 bits per heavy atom. The summed E-state index contributed by atoms with van der Waals surface area (Å²) < 4.78 is 10.8. The number of hydrogen-bond donors (Lipinski definition) is 0. The molecule has 0 aliphatic carbocycles. The third-order valence-electron chi connectivity index (χ3n) is 4.29. The lowest BCUT2D eigenvalue weighted by Crippen LogP contribution is -2.32. The molecule has 0 unspecified atom stereocenters. The summed E-state index contributed by atoms with van der Waals surface area (Å²) in [6.45, 7) is 2.27. The van der Waals surface area contributed by atoms with Gasteiger partial charge >= 0.3 is 0 Å². The smallest absolute Gasteiger partial charge is 0.254 e. The number of nitrogens with zero attached hydrogens (tertiary/aromatic N) is 4. The van der Waals surface area contributed by atoms with Gasteiger partial charge in [0.1, 0.15) is 6.04 Å². The number of carbonyl (C=O) groups excluding carboxylic acids is 1. The first-order valence-electron chi connectivity index (χ1n) is 7.91. The second-order valence-corrected chi connectivity index (χ2v) is 6.19. The number of aryl methyl sites for hydroxylation is 1. The van der Waals surface area contributed by atoms with Gasteiger partial charge in [-0.1, -0.05) is 11.2 Å². The fourth-order valence-corrected chi connectivity index (χ4v) is 2.96. The highest BCUT2D eigenvalue weighted by Crippen LogP contribution is 2.34. The molecule has 7 heteroatoms. The number of likely N-dealkylation sites (tertiary alicyclic amines) is 1. The molecule has 7 nitrogen and oxygen atoms in total. The molecule has 2 aromatic rings. The Morgan fingerprint density at radius 3 is 2.83 bits per heavy atom. The first-order valence-corrected chi connectivity index (χ1v) is 7.91. The fraction of sp³-hybridized carbons (Fsp3) is 0.471. The number of benzene rings is 1. The van der Waals surface area contributed by atoms with Crippen molar-refractivity contribution in [2.24, 2.45) is 0 Å². The number of amides is 1. The average molecular weight is 330 g/mol. The lowest BCUT2D eigenvalue weighted by Gasteiger charge is -2.22. The number of aromatic nitrogens is 2. The van der Waals surface area contributed by atoms with Gasteiger partial charge in [-0.2, -0.15) is 4.98 Å². The predicted molar refractivity (Wildman–Crippen MR) is 89.0 cm³/mol. The second-order valence-electron chi connectivity index (χ2n) is 6.19. The summed E-state index contributed by atoms with van der Waals surface area (Å²) in [6, 6.07) is 7.31. The van der Waals surface area contributed by atoms with Crippen LogP contribution in [0.25, 0.3) is 0 Å². The zero-order chi connectivity index (χ0) is 17.3. The highest BCUT2D eigenvalue weighted by molar-refractivity contribution is 5.95. The van der Waals surface area contributed by atoms with E-state index in [1.165, 1.54) is 0 Å². The van der Waals surface area contributed by atoms with Crippen molar-refractivity contribution in [3.05, 3.63) is 41.5 Å². The minimum atomic E-state index is -0.258. The van der Waals surface area contributed by atoms with Crippen LogP contribution in [0.15, 0.2) is 28.8 Å².